The highest BCUT2D eigenvalue weighted by atomic mass is 16.1. The fraction of sp³-hybridized carbons (Fsp3) is 0.227. The number of rotatable bonds is 4. The predicted octanol–water partition coefficient (Wildman–Crippen LogP) is 4.45. The normalized spacial score (nSPS) is 19.1. The second kappa shape index (κ2) is 7.89. The van der Waals surface area contributed by atoms with Crippen LogP contribution in [0, 0.1) is 0 Å². The molecule has 0 unspecified atom stereocenters. The lowest BCUT2D eigenvalue weighted by Crippen LogP contribution is -2.38. The summed E-state index contributed by atoms with van der Waals surface area (Å²) in [4.78, 5) is 15.3. The lowest BCUT2D eigenvalue weighted by Gasteiger charge is -2.29. The Morgan fingerprint density at radius 3 is 1.71 bits per heavy atom. The van der Waals surface area contributed by atoms with E-state index in [0.29, 0.717) is 0 Å². The Labute approximate surface area is 144 Å². The number of nitrogens with zero attached hydrogens (tertiary/aromatic N) is 1. The molecule has 0 saturated carbocycles. The number of Topliss-reactive ketones (excluding diaryl/α,β-unsaturated/α-hetero) is 1. The average Bonchev–Trinajstić information content (AvgIpc) is 2.61. The SMILES string of the molecule is CCCN1CC(=Cc2ccccc2)C(=O)/C(=C/c2ccccc2)C1. The number of carbonyl (C=O) groups excluding carboxylic acids is 1. The summed E-state index contributed by atoms with van der Waals surface area (Å²) >= 11 is 0. The Balaban J connectivity index is 1.93. The lowest BCUT2D eigenvalue weighted by atomic mass is 9.94. The summed E-state index contributed by atoms with van der Waals surface area (Å²) < 4.78 is 0. The number of benzene rings is 2. The highest BCUT2D eigenvalue weighted by molar-refractivity contribution is 6.14. The molecule has 0 N–H and O–H groups in total. The van der Waals surface area contributed by atoms with E-state index in [4.69, 9.17) is 0 Å². The fourth-order valence-corrected chi connectivity index (χ4v) is 3.09. The molecule has 0 aromatic heterocycles. The van der Waals surface area contributed by atoms with E-state index in [1.54, 1.807) is 0 Å². The lowest BCUT2D eigenvalue weighted by molar-refractivity contribution is -0.113. The van der Waals surface area contributed by atoms with Gasteiger partial charge in [-0.15, -0.1) is 0 Å². The molecule has 2 aromatic rings. The average molecular weight is 317 g/mol. The van der Waals surface area contributed by atoms with Crippen LogP contribution in [-0.2, 0) is 4.79 Å². The van der Waals surface area contributed by atoms with E-state index >= 15 is 0 Å². The first-order valence-electron chi connectivity index (χ1n) is 8.54. The molecule has 0 aliphatic carbocycles. The minimum atomic E-state index is 0.176. The van der Waals surface area contributed by atoms with E-state index in [2.05, 4.69) is 11.8 Å². The third-order valence-corrected chi connectivity index (χ3v) is 4.19. The molecule has 1 fully saturated rings. The van der Waals surface area contributed by atoms with Gasteiger partial charge in [0.1, 0.15) is 0 Å². The van der Waals surface area contributed by atoms with E-state index in [1.165, 1.54) is 0 Å². The number of ketones is 1. The number of hydrogen-bond acceptors (Lipinski definition) is 2. The predicted molar refractivity (Wildman–Crippen MR) is 101 cm³/mol. The van der Waals surface area contributed by atoms with Crippen LogP contribution in [0.2, 0.25) is 0 Å². The van der Waals surface area contributed by atoms with Gasteiger partial charge in [0, 0.05) is 24.2 Å². The van der Waals surface area contributed by atoms with Gasteiger partial charge in [-0.3, -0.25) is 9.69 Å². The Morgan fingerprint density at radius 1 is 0.833 bits per heavy atom. The quantitative estimate of drug-likeness (QED) is 0.777. The molecule has 1 aliphatic heterocycles. The minimum absolute atomic E-state index is 0.176. The largest absolute Gasteiger partial charge is 0.295 e. The summed E-state index contributed by atoms with van der Waals surface area (Å²) in [7, 11) is 0. The van der Waals surface area contributed by atoms with Crippen molar-refractivity contribution in [2.45, 2.75) is 13.3 Å². The summed E-state index contributed by atoms with van der Waals surface area (Å²) in [6, 6.07) is 20.2. The number of carbonyl (C=O) groups is 1. The smallest absolute Gasteiger partial charge is 0.187 e. The maximum atomic E-state index is 12.9. The minimum Gasteiger partial charge on any atom is -0.295 e. The Morgan fingerprint density at radius 2 is 1.29 bits per heavy atom. The van der Waals surface area contributed by atoms with E-state index in [-0.39, 0.29) is 5.78 Å². The molecule has 2 nitrogen and oxygen atoms in total. The standard InChI is InChI=1S/C22H23NO/c1-2-13-23-16-20(14-18-9-5-3-6-10-18)22(24)21(17-23)15-19-11-7-4-8-12-19/h3-12,14-15H,2,13,16-17H2,1H3/b20-14+,21-15?. The van der Waals surface area contributed by atoms with Gasteiger partial charge in [-0.05, 0) is 36.2 Å². The molecule has 0 atom stereocenters. The van der Waals surface area contributed by atoms with Crippen LogP contribution in [0.3, 0.4) is 0 Å². The first kappa shape index (κ1) is 16.4. The van der Waals surface area contributed by atoms with Crippen LogP contribution in [0.25, 0.3) is 12.2 Å². The summed E-state index contributed by atoms with van der Waals surface area (Å²) in [6.07, 6.45) is 5.15. The molecule has 0 amide bonds. The zero-order chi connectivity index (χ0) is 16.8. The first-order valence-corrected chi connectivity index (χ1v) is 8.54. The van der Waals surface area contributed by atoms with E-state index in [1.807, 2.05) is 72.8 Å². The molecule has 1 heterocycles. The zero-order valence-corrected chi connectivity index (χ0v) is 14.1. The van der Waals surface area contributed by atoms with Crippen LogP contribution >= 0.6 is 0 Å². The highest BCUT2D eigenvalue weighted by Crippen LogP contribution is 2.22. The molecule has 1 aliphatic rings. The van der Waals surface area contributed by atoms with E-state index in [0.717, 1.165) is 48.3 Å². The Kier molecular flexibility index (Phi) is 5.39. The maximum Gasteiger partial charge on any atom is 0.187 e. The second-order valence-corrected chi connectivity index (χ2v) is 6.20. The second-order valence-electron chi connectivity index (χ2n) is 6.20. The van der Waals surface area contributed by atoms with Gasteiger partial charge in [-0.2, -0.15) is 0 Å². The van der Waals surface area contributed by atoms with Gasteiger partial charge in [0.2, 0.25) is 0 Å². The molecule has 0 spiro atoms. The van der Waals surface area contributed by atoms with Gasteiger partial charge in [0.25, 0.3) is 0 Å². The number of piperidine rings is 1. The molecule has 1 saturated heterocycles. The van der Waals surface area contributed by atoms with Crippen LogP contribution in [0.15, 0.2) is 71.8 Å². The Bertz CT molecular complexity index is 683. The molecular formula is C22H23NO. The van der Waals surface area contributed by atoms with Crippen LogP contribution in [0.5, 0.6) is 0 Å². The van der Waals surface area contributed by atoms with Gasteiger partial charge in [0.05, 0.1) is 0 Å². The van der Waals surface area contributed by atoms with Crippen molar-refractivity contribution in [1.29, 1.82) is 0 Å². The van der Waals surface area contributed by atoms with E-state index in [9.17, 15) is 4.79 Å². The molecule has 0 bridgehead atoms. The summed E-state index contributed by atoms with van der Waals surface area (Å²) in [5.74, 6) is 0.176. The van der Waals surface area contributed by atoms with Crippen molar-refractivity contribution < 1.29 is 4.79 Å². The van der Waals surface area contributed by atoms with Gasteiger partial charge in [0.15, 0.2) is 5.78 Å². The molecule has 2 heteroatoms. The van der Waals surface area contributed by atoms with Crippen LogP contribution < -0.4 is 0 Å². The van der Waals surface area contributed by atoms with Gasteiger partial charge >= 0.3 is 0 Å². The van der Waals surface area contributed by atoms with Gasteiger partial charge < -0.3 is 0 Å². The summed E-state index contributed by atoms with van der Waals surface area (Å²) in [5.41, 5.74) is 3.92. The Hall–Kier alpha value is -2.45. The highest BCUT2D eigenvalue weighted by Gasteiger charge is 2.25. The van der Waals surface area contributed by atoms with Gasteiger partial charge in [-0.25, -0.2) is 0 Å². The van der Waals surface area contributed by atoms with Crippen molar-refractivity contribution in [1.82, 2.24) is 4.90 Å². The van der Waals surface area contributed by atoms with Crippen molar-refractivity contribution >= 4 is 17.9 Å². The van der Waals surface area contributed by atoms with E-state index < -0.39 is 0 Å². The molecule has 122 valence electrons. The number of likely N-dealkylation sites (tertiary alicyclic amines) is 1. The van der Waals surface area contributed by atoms with Crippen molar-refractivity contribution in [3.05, 3.63) is 82.9 Å². The summed E-state index contributed by atoms with van der Waals surface area (Å²) in [5, 5.41) is 0. The molecule has 3 rings (SSSR count). The van der Waals surface area contributed by atoms with Crippen molar-refractivity contribution in [3.63, 3.8) is 0 Å². The van der Waals surface area contributed by atoms with Crippen LogP contribution in [0.4, 0.5) is 0 Å². The molecule has 24 heavy (non-hydrogen) atoms. The van der Waals surface area contributed by atoms with Crippen molar-refractivity contribution in [2.24, 2.45) is 0 Å². The monoisotopic (exact) mass is 317 g/mol. The van der Waals surface area contributed by atoms with Gasteiger partial charge in [-0.1, -0.05) is 67.6 Å². The molecular weight excluding hydrogens is 294 g/mol. The topological polar surface area (TPSA) is 20.3 Å². The van der Waals surface area contributed by atoms with Crippen molar-refractivity contribution in [3.8, 4) is 0 Å². The van der Waals surface area contributed by atoms with Crippen LogP contribution in [-0.4, -0.2) is 30.3 Å². The zero-order valence-electron chi connectivity index (χ0n) is 14.1. The third kappa shape index (κ3) is 4.09. The maximum absolute atomic E-state index is 12.9. The van der Waals surface area contributed by atoms with Crippen molar-refractivity contribution in [2.75, 3.05) is 19.6 Å². The molecule has 2 aromatic carbocycles. The summed E-state index contributed by atoms with van der Waals surface area (Å²) in [6.45, 7) is 4.64. The molecule has 0 radical (unpaired) electrons. The first-order chi connectivity index (χ1) is 11.8. The van der Waals surface area contributed by atoms with Crippen LogP contribution in [0.1, 0.15) is 24.5 Å². The third-order valence-electron chi connectivity index (χ3n) is 4.19. The fourth-order valence-electron chi connectivity index (χ4n) is 3.09. The number of hydrogen-bond donors (Lipinski definition) is 0.